The van der Waals surface area contributed by atoms with Gasteiger partial charge in [-0.25, -0.2) is 9.38 Å². The van der Waals surface area contributed by atoms with Crippen LogP contribution in [0.2, 0.25) is 0 Å². The molecule has 6 heteroatoms. The SMILES string of the molecule is CCCOC(=NCCCN(C)C)NC(=O)c1cccc(F)c1. The molecule has 1 rings (SSSR count). The van der Waals surface area contributed by atoms with Gasteiger partial charge in [-0.05, 0) is 51.7 Å². The molecule has 0 saturated heterocycles. The molecular formula is C16H24FN3O2. The Balaban J connectivity index is 2.63. The fourth-order valence-electron chi connectivity index (χ4n) is 1.69. The minimum absolute atomic E-state index is 0.190. The summed E-state index contributed by atoms with van der Waals surface area (Å²) in [5, 5.41) is 2.59. The summed E-state index contributed by atoms with van der Waals surface area (Å²) in [7, 11) is 3.98. The summed E-state index contributed by atoms with van der Waals surface area (Å²) in [6, 6.07) is 5.70. The Morgan fingerprint density at radius 1 is 1.41 bits per heavy atom. The van der Waals surface area contributed by atoms with Crippen molar-refractivity contribution in [2.45, 2.75) is 19.8 Å². The van der Waals surface area contributed by atoms with Crippen LogP contribution >= 0.6 is 0 Å². The van der Waals surface area contributed by atoms with Crippen molar-refractivity contribution in [2.24, 2.45) is 4.99 Å². The van der Waals surface area contributed by atoms with E-state index in [2.05, 4.69) is 15.2 Å². The van der Waals surface area contributed by atoms with E-state index in [9.17, 15) is 9.18 Å². The summed E-state index contributed by atoms with van der Waals surface area (Å²) in [5.41, 5.74) is 0.237. The lowest BCUT2D eigenvalue weighted by molar-refractivity contribution is 0.0965. The van der Waals surface area contributed by atoms with Gasteiger partial charge in [0.05, 0.1) is 6.61 Å². The zero-order valence-corrected chi connectivity index (χ0v) is 13.4. The minimum atomic E-state index is -0.452. The van der Waals surface area contributed by atoms with E-state index in [1.807, 2.05) is 21.0 Å². The second kappa shape index (κ2) is 9.89. The highest BCUT2D eigenvalue weighted by Gasteiger charge is 2.10. The molecule has 0 atom stereocenters. The Morgan fingerprint density at radius 3 is 2.82 bits per heavy atom. The highest BCUT2D eigenvalue weighted by molar-refractivity contribution is 6.04. The van der Waals surface area contributed by atoms with Gasteiger partial charge in [-0.2, -0.15) is 0 Å². The predicted octanol–water partition coefficient (Wildman–Crippen LogP) is 2.29. The molecule has 1 amide bonds. The van der Waals surface area contributed by atoms with E-state index in [0.717, 1.165) is 19.4 Å². The van der Waals surface area contributed by atoms with Crippen LogP contribution in [0.5, 0.6) is 0 Å². The predicted molar refractivity (Wildman–Crippen MR) is 85.6 cm³/mol. The average molecular weight is 309 g/mol. The maximum atomic E-state index is 13.1. The summed E-state index contributed by atoms with van der Waals surface area (Å²) < 4.78 is 18.6. The first-order chi connectivity index (χ1) is 10.5. The Kier molecular flexibility index (Phi) is 8.14. The summed E-state index contributed by atoms with van der Waals surface area (Å²) >= 11 is 0. The minimum Gasteiger partial charge on any atom is -0.465 e. The first kappa shape index (κ1) is 18.1. The lowest BCUT2D eigenvalue weighted by Gasteiger charge is -2.11. The van der Waals surface area contributed by atoms with Gasteiger partial charge >= 0.3 is 0 Å². The van der Waals surface area contributed by atoms with Gasteiger partial charge in [0.15, 0.2) is 0 Å². The number of hydrogen-bond acceptors (Lipinski definition) is 4. The van der Waals surface area contributed by atoms with Gasteiger partial charge in [-0.3, -0.25) is 10.1 Å². The third-order valence-corrected chi connectivity index (χ3v) is 2.77. The smallest absolute Gasteiger partial charge is 0.291 e. The molecule has 0 saturated carbocycles. The molecule has 0 spiro atoms. The van der Waals surface area contributed by atoms with E-state index >= 15 is 0 Å². The van der Waals surface area contributed by atoms with Crippen LogP contribution in [0.25, 0.3) is 0 Å². The monoisotopic (exact) mass is 309 g/mol. The van der Waals surface area contributed by atoms with E-state index in [4.69, 9.17) is 4.74 Å². The molecular weight excluding hydrogens is 285 g/mol. The van der Waals surface area contributed by atoms with Crippen LogP contribution in [0, 0.1) is 5.82 Å². The fraction of sp³-hybridized carbons (Fsp3) is 0.500. The molecule has 0 aliphatic heterocycles. The van der Waals surface area contributed by atoms with Crippen molar-refractivity contribution >= 4 is 11.9 Å². The number of aliphatic imine (C=N–C) groups is 1. The molecule has 0 aromatic heterocycles. The lowest BCUT2D eigenvalue weighted by atomic mass is 10.2. The Hall–Kier alpha value is -1.95. The Bertz CT molecular complexity index is 504. The van der Waals surface area contributed by atoms with Crippen LogP contribution in [0.3, 0.4) is 0 Å². The second-order valence-corrected chi connectivity index (χ2v) is 5.16. The highest BCUT2D eigenvalue weighted by Crippen LogP contribution is 2.03. The summed E-state index contributed by atoms with van der Waals surface area (Å²) in [6.07, 6.45) is 1.67. The number of nitrogens with zero attached hydrogens (tertiary/aromatic N) is 2. The van der Waals surface area contributed by atoms with Gasteiger partial charge in [0, 0.05) is 12.1 Å². The van der Waals surface area contributed by atoms with Gasteiger partial charge in [0.25, 0.3) is 11.9 Å². The number of hydrogen-bond donors (Lipinski definition) is 1. The number of carbonyl (C=O) groups excluding carboxylic acids is 1. The Labute approximate surface area is 131 Å². The van der Waals surface area contributed by atoms with Crippen LogP contribution < -0.4 is 5.32 Å². The number of amidine groups is 1. The second-order valence-electron chi connectivity index (χ2n) is 5.16. The number of amides is 1. The normalized spacial score (nSPS) is 11.6. The molecule has 0 radical (unpaired) electrons. The molecule has 0 bridgehead atoms. The van der Waals surface area contributed by atoms with Crippen LogP contribution in [-0.2, 0) is 4.74 Å². The van der Waals surface area contributed by atoms with Gasteiger partial charge < -0.3 is 9.64 Å². The first-order valence-corrected chi connectivity index (χ1v) is 7.41. The first-order valence-electron chi connectivity index (χ1n) is 7.41. The summed E-state index contributed by atoms with van der Waals surface area (Å²) in [5.74, 6) is -0.881. The molecule has 0 aliphatic rings. The zero-order valence-electron chi connectivity index (χ0n) is 13.4. The van der Waals surface area contributed by atoms with Crippen molar-refractivity contribution < 1.29 is 13.9 Å². The lowest BCUT2D eigenvalue weighted by Crippen LogP contribution is -2.33. The third-order valence-electron chi connectivity index (χ3n) is 2.77. The molecule has 1 aromatic rings. The number of benzene rings is 1. The van der Waals surface area contributed by atoms with Gasteiger partial charge in [0.2, 0.25) is 0 Å². The number of halogens is 1. The van der Waals surface area contributed by atoms with Crippen molar-refractivity contribution in [2.75, 3.05) is 33.8 Å². The molecule has 1 N–H and O–H groups in total. The number of carbonyl (C=O) groups is 1. The van der Waals surface area contributed by atoms with Crippen molar-refractivity contribution in [3.05, 3.63) is 35.6 Å². The molecule has 0 unspecified atom stereocenters. The van der Waals surface area contributed by atoms with Crippen LogP contribution in [-0.4, -0.2) is 50.6 Å². The number of rotatable bonds is 7. The topological polar surface area (TPSA) is 53.9 Å². The molecule has 122 valence electrons. The van der Waals surface area contributed by atoms with E-state index in [1.54, 1.807) is 6.07 Å². The van der Waals surface area contributed by atoms with Crippen LogP contribution in [0.15, 0.2) is 29.3 Å². The van der Waals surface area contributed by atoms with E-state index < -0.39 is 11.7 Å². The summed E-state index contributed by atoms with van der Waals surface area (Å²) in [4.78, 5) is 18.4. The van der Waals surface area contributed by atoms with Crippen molar-refractivity contribution in [1.82, 2.24) is 10.2 Å². The third kappa shape index (κ3) is 7.17. The standard InChI is InChI=1S/C16H24FN3O2/c1-4-11-22-16(18-9-6-10-20(2)3)19-15(21)13-7-5-8-14(17)12-13/h5,7-8,12H,4,6,9-11H2,1-3H3,(H,18,19,21). The van der Waals surface area contributed by atoms with E-state index in [0.29, 0.717) is 13.2 Å². The number of nitrogens with one attached hydrogen (secondary N) is 1. The molecule has 0 heterocycles. The summed E-state index contributed by atoms with van der Waals surface area (Å²) in [6.45, 7) is 3.90. The van der Waals surface area contributed by atoms with E-state index in [-0.39, 0.29) is 11.6 Å². The van der Waals surface area contributed by atoms with Gasteiger partial charge in [0.1, 0.15) is 5.82 Å². The quantitative estimate of drug-likeness (QED) is 0.478. The van der Waals surface area contributed by atoms with Crippen LogP contribution in [0.1, 0.15) is 30.1 Å². The maximum Gasteiger partial charge on any atom is 0.291 e. The fourth-order valence-corrected chi connectivity index (χ4v) is 1.69. The van der Waals surface area contributed by atoms with Gasteiger partial charge in [-0.15, -0.1) is 0 Å². The van der Waals surface area contributed by atoms with Gasteiger partial charge in [-0.1, -0.05) is 13.0 Å². The molecule has 1 aromatic carbocycles. The molecule has 0 aliphatic carbocycles. The average Bonchev–Trinajstić information content (AvgIpc) is 2.48. The Morgan fingerprint density at radius 2 is 2.18 bits per heavy atom. The zero-order chi connectivity index (χ0) is 16.4. The maximum absolute atomic E-state index is 13.1. The van der Waals surface area contributed by atoms with Crippen molar-refractivity contribution in [1.29, 1.82) is 0 Å². The van der Waals surface area contributed by atoms with Crippen molar-refractivity contribution in [3.63, 3.8) is 0 Å². The number of ether oxygens (including phenoxy) is 1. The van der Waals surface area contributed by atoms with Crippen molar-refractivity contribution in [3.8, 4) is 0 Å². The molecule has 5 nitrogen and oxygen atoms in total. The molecule has 22 heavy (non-hydrogen) atoms. The van der Waals surface area contributed by atoms with E-state index in [1.165, 1.54) is 18.2 Å². The largest absolute Gasteiger partial charge is 0.465 e. The highest BCUT2D eigenvalue weighted by atomic mass is 19.1. The van der Waals surface area contributed by atoms with Crippen LogP contribution in [0.4, 0.5) is 4.39 Å². The molecule has 0 fully saturated rings.